The standard InChI is InChI=1S/C13H17N3O4/c1-14-10-2-3-12(16(18)19)11(6-10)13(17)15-7-9-4-5-20-8-9/h2-3,6,9,14H,4-5,7-8H2,1H3,(H,15,17). The number of amides is 1. The molecular weight excluding hydrogens is 262 g/mol. The van der Waals surface area contributed by atoms with E-state index < -0.39 is 10.8 Å². The predicted molar refractivity (Wildman–Crippen MR) is 73.9 cm³/mol. The van der Waals surface area contributed by atoms with E-state index in [-0.39, 0.29) is 17.2 Å². The van der Waals surface area contributed by atoms with E-state index in [4.69, 9.17) is 4.74 Å². The Morgan fingerprint density at radius 1 is 1.55 bits per heavy atom. The summed E-state index contributed by atoms with van der Waals surface area (Å²) in [5.74, 6) is -0.147. The van der Waals surface area contributed by atoms with Gasteiger partial charge in [-0.15, -0.1) is 0 Å². The van der Waals surface area contributed by atoms with Gasteiger partial charge in [-0.05, 0) is 18.6 Å². The first-order valence-electron chi connectivity index (χ1n) is 6.44. The Bertz CT molecular complexity index is 512. The number of hydrogen-bond donors (Lipinski definition) is 2. The summed E-state index contributed by atoms with van der Waals surface area (Å²) in [5.41, 5.74) is 0.537. The lowest BCUT2D eigenvalue weighted by Crippen LogP contribution is -2.30. The zero-order chi connectivity index (χ0) is 14.5. The molecule has 0 saturated carbocycles. The molecule has 2 rings (SSSR count). The number of nitro groups is 1. The Kier molecular flexibility index (Phi) is 4.52. The molecule has 1 amide bonds. The number of anilines is 1. The maximum absolute atomic E-state index is 12.1. The van der Waals surface area contributed by atoms with Crippen LogP contribution in [0.1, 0.15) is 16.8 Å². The number of rotatable bonds is 5. The zero-order valence-corrected chi connectivity index (χ0v) is 11.2. The zero-order valence-electron chi connectivity index (χ0n) is 11.2. The van der Waals surface area contributed by atoms with Gasteiger partial charge in [0.05, 0.1) is 11.5 Å². The van der Waals surface area contributed by atoms with Crippen LogP contribution in [0, 0.1) is 16.0 Å². The van der Waals surface area contributed by atoms with Crippen molar-refractivity contribution in [1.82, 2.24) is 5.32 Å². The summed E-state index contributed by atoms with van der Waals surface area (Å²) in [4.78, 5) is 22.5. The third kappa shape index (κ3) is 3.24. The van der Waals surface area contributed by atoms with E-state index in [2.05, 4.69) is 10.6 Å². The van der Waals surface area contributed by atoms with Gasteiger partial charge in [0.25, 0.3) is 11.6 Å². The van der Waals surface area contributed by atoms with Gasteiger partial charge in [0.15, 0.2) is 0 Å². The highest BCUT2D eigenvalue weighted by atomic mass is 16.6. The maximum Gasteiger partial charge on any atom is 0.282 e. The van der Waals surface area contributed by atoms with Crippen LogP contribution < -0.4 is 10.6 Å². The monoisotopic (exact) mass is 279 g/mol. The first-order chi connectivity index (χ1) is 9.61. The average Bonchev–Trinajstić information content (AvgIpc) is 2.97. The number of benzene rings is 1. The molecule has 108 valence electrons. The largest absolute Gasteiger partial charge is 0.388 e. The highest BCUT2D eigenvalue weighted by Gasteiger charge is 2.22. The molecule has 1 aromatic carbocycles. The lowest BCUT2D eigenvalue weighted by molar-refractivity contribution is -0.385. The van der Waals surface area contributed by atoms with E-state index in [9.17, 15) is 14.9 Å². The third-order valence-electron chi connectivity index (χ3n) is 3.30. The summed E-state index contributed by atoms with van der Waals surface area (Å²) in [6.07, 6.45) is 0.902. The van der Waals surface area contributed by atoms with Gasteiger partial charge in [-0.3, -0.25) is 14.9 Å². The molecule has 0 radical (unpaired) electrons. The van der Waals surface area contributed by atoms with Gasteiger partial charge in [0.1, 0.15) is 5.56 Å². The van der Waals surface area contributed by atoms with Gasteiger partial charge in [0.2, 0.25) is 0 Å². The van der Waals surface area contributed by atoms with Crippen molar-refractivity contribution in [2.24, 2.45) is 5.92 Å². The number of nitro benzene ring substituents is 1. The number of nitrogens with one attached hydrogen (secondary N) is 2. The van der Waals surface area contributed by atoms with Crippen molar-refractivity contribution in [3.8, 4) is 0 Å². The molecule has 1 aliphatic heterocycles. The lowest BCUT2D eigenvalue weighted by atomic mass is 10.1. The highest BCUT2D eigenvalue weighted by molar-refractivity contribution is 5.99. The van der Waals surface area contributed by atoms with E-state index in [1.54, 1.807) is 13.1 Å². The average molecular weight is 279 g/mol. The molecule has 1 aromatic rings. The van der Waals surface area contributed by atoms with Crippen molar-refractivity contribution in [2.45, 2.75) is 6.42 Å². The summed E-state index contributed by atoms with van der Waals surface area (Å²) in [7, 11) is 1.69. The summed E-state index contributed by atoms with van der Waals surface area (Å²) in [5, 5.41) is 16.6. The van der Waals surface area contributed by atoms with E-state index in [0.717, 1.165) is 6.42 Å². The molecule has 1 heterocycles. The second-order valence-electron chi connectivity index (χ2n) is 4.68. The molecule has 1 unspecified atom stereocenters. The van der Waals surface area contributed by atoms with Crippen molar-refractivity contribution >= 4 is 17.3 Å². The molecule has 1 fully saturated rings. The minimum Gasteiger partial charge on any atom is -0.388 e. The predicted octanol–water partition coefficient (Wildman–Crippen LogP) is 1.40. The SMILES string of the molecule is CNc1ccc([N+](=O)[O-])c(C(=O)NCC2CCOC2)c1. The molecule has 7 nitrogen and oxygen atoms in total. The van der Waals surface area contributed by atoms with Crippen LogP contribution in [-0.2, 0) is 4.74 Å². The smallest absolute Gasteiger partial charge is 0.282 e. The fraction of sp³-hybridized carbons (Fsp3) is 0.462. The second-order valence-corrected chi connectivity index (χ2v) is 4.68. The van der Waals surface area contributed by atoms with Crippen LogP contribution in [0.15, 0.2) is 18.2 Å². The quantitative estimate of drug-likeness (QED) is 0.627. The Hall–Kier alpha value is -2.15. The van der Waals surface area contributed by atoms with Crippen molar-refractivity contribution in [1.29, 1.82) is 0 Å². The van der Waals surface area contributed by atoms with Crippen LogP contribution >= 0.6 is 0 Å². The van der Waals surface area contributed by atoms with Crippen LogP contribution in [0.2, 0.25) is 0 Å². The molecule has 0 aliphatic carbocycles. The van der Waals surface area contributed by atoms with Crippen LogP contribution in [0.5, 0.6) is 0 Å². The van der Waals surface area contributed by atoms with Crippen molar-refractivity contribution < 1.29 is 14.5 Å². The normalized spacial score (nSPS) is 17.8. The van der Waals surface area contributed by atoms with Gasteiger partial charge in [0, 0.05) is 37.9 Å². The van der Waals surface area contributed by atoms with Crippen molar-refractivity contribution in [3.63, 3.8) is 0 Å². The summed E-state index contributed by atoms with van der Waals surface area (Å²) in [6, 6.07) is 4.39. The van der Waals surface area contributed by atoms with Crippen LogP contribution in [0.25, 0.3) is 0 Å². The first-order valence-corrected chi connectivity index (χ1v) is 6.44. The molecule has 1 aliphatic rings. The fourth-order valence-corrected chi connectivity index (χ4v) is 2.11. The van der Waals surface area contributed by atoms with Crippen LogP contribution in [-0.4, -0.2) is 37.6 Å². The molecule has 2 N–H and O–H groups in total. The molecule has 1 atom stereocenters. The van der Waals surface area contributed by atoms with Gasteiger partial charge in [-0.1, -0.05) is 0 Å². The van der Waals surface area contributed by atoms with E-state index >= 15 is 0 Å². The lowest BCUT2D eigenvalue weighted by Gasteiger charge is -2.10. The third-order valence-corrected chi connectivity index (χ3v) is 3.30. The van der Waals surface area contributed by atoms with Gasteiger partial charge in [-0.25, -0.2) is 0 Å². The number of carbonyl (C=O) groups is 1. The maximum atomic E-state index is 12.1. The number of nitrogens with zero attached hydrogens (tertiary/aromatic N) is 1. The Morgan fingerprint density at radius 2 is 2.35 bits per heavy atom. The highest BCUT2D eigenvalue weighted by Crippen LogP contribution is 2.22. The second kappa shape index (κ2) is 6.33. The van der Waals surface area contributed by atoms with Gasteiger partial charge < -0.3 is 15.4 Å². The number of hydrogen-bond acceptors (Lipinski definition) is 5. The Balaban J connectivity index is 2.11. The van der Waals surface area contributed by atoms with Crippen molar-refractivity contribution in [3.05, 3.63) is 33.9 Å². The van der Waals surface area contributed by atoms with Gasteiger partial charge in [-0.2, -0.15) is 0 Å². The molecular formula is C13H17N3O4. The molecule has 7 heteroatoms. The fourth-order valence-electron chi connectivity index (χ4n) is 2.11. The van der Waals surface area contributed by atoms with E-state index in [1.807, 2.05) is 0 Å². The molecule has 0 spiro atoms. The topological polar surface area (TPSA) is 93.5 Å². The van der Waals surface area contributed by atoms with Crippen LogP contribution in [0.4, 0.5) is 11.4 Å². The first kappa shape index (κ1) is 14.3. The summed E-state index contributed by atoms with van der Waals surface area (Å²) in [6.45, 7) is 1.80. The molecule has 0 bridgehead atoms. The summed E-state index contributed by atoms with van der Waals surface area (Å²) < 4.78 is 5.22. The number of ether oxygens (including phenoxy) is 1. The van der Waals surface area contributed by atoms with E-state index in [0.29, 0.717) is 25.4 Å². The van der Waals surface area contributed by atoms with Crippen molar-refractivity contribution in [2.75, 3.05) is 32.1 Å². The van der Waals surface area contributed by atoms with E-state index in [1.165, 1.54) is 12.1 Å². The molecule has 20 heavy (non-hydrogen) atoms. The molecule has 0 aromatic heterocycles. The minimum atomic E-state index is -0.549. The Labute approximate surface area is 116 Å². The summed E-state index contributed by atoms with van der Waals surface area (Å²) >= 11 is 0. The molecule has 1 saturated heterocycles. The van der Waals surface area contributed by atoms with Crippen LogP contribution in [0.3, 0.4) is 0 Å². The Morgan fingerprint density at radius 3 is 2.95 bits per heavy atom. The number of carbonyl (C=O) groups excluding carboxylic acids is 1. The minimum absolute atomic E-state index is 0.0702. The van der Waals surface area contributed by atoms with Gasteiger partial charge >= 0.3 is 0 Å².